The molecule has 2 aliphatic heterocycles. The van der Waals surface area contributed by atoms with Crippen LogP contribution in [0.2, 0.25) is 5.02 Å². The first kappa shape index (κ1) is 19.3. The molecule has 8 heteroatoms. The van der Waals surface area contributed by atoms with Crippen LogP contribution in [0.1, 0.15) is 37.9 Å². The van der Waals surface area contributed by atoms with Gasteiger partial charge in [-0.25, -0.2) is 15.0 Å². The monoisotopic (exact) mass is 424 g/mol. The number of nitrogens with zero attached hydrogens (tertiary/aromatic N) is 5. The number of fused-ring (bicyclic) bond motifs is 3. The highest BCUT2D eigenvalue weighted by atomic mass is 35.5. The van der Waals surface area contributed by atoms with Crippen molar-refractivity contribution in [1.29, 1.82) is 0 Å². The molecule has 30 heavy (non-hydrogen) atoms. The van der Waals surface area contributed by atoms with Gasteiger partial charge in [-0.1, -0.05) is 30.2 Å². The third-order valence-corrected chi connectivity index (χ3v) is 6.43. The van der Waals surface area contributed by atoms with Crippen molar-refractivity contribution in [3.63, 3.8) is 0 Å². The highest BCUT2D eigenvalue weighted by Crippen LogP contribution is 2.30. The Morgan fingerprint density at radius 2 is 2.00 bits per heavy atom. The molecule has 1 saturated heterocycles. The van der Waals surface area contributed by atoms with Crippen LogP contribution in [-0.2, 0) is 17.8 Å². The Bertz CT molecular complexity index is 1080. The van der Waals surface area contributed by atoms with E-state index in [4.69, 9.17) is 16.6 Å². The molecular weight excluding hydrogens is 400 g/mol. The number of anilines is 2. The molecule has 2 aromatic heterocycles. The van der Waals surface area contributed by atoms with Crippen molar-refractivity contribution in [2.75, 3.05) is 23.3 Å². The smallest absolute Gasteiger partial charge is 0.229 e. The Hall–Kier alpha value is -2.67. The Morgan fingerprint density at radius 3 is 2.90 bits per heavy atom. The molecule has 4 heterocycles. The van der Waals surface area contributed by atoms with Gasteiger partial charge in [0.05, 0.1) is 16.6 Å². The lowest BCUT2D eigenvalue weighted by molar-refractivity contribution is -0.120. The summed E-state index contributed by atoms with van der Waals surface area (Å²) in [5.74, 6) is 1.82. The number of hydrogen-bond donors (Lipinski definition) is 1. The molecule has 1 aromatic carbocycles. The second-order valence-electron chi connectivity index (χ2n) is 8.11. The van der Waals surface area contributed by atoms with Crippen LogP contribution in [0.4, 0.5) is 11.5 Å². The molecule has 0 spiro atoms. The summed E-state index contributed by atoms with van der Waals surface area (Å²) < 4.78 is 2.25. The summed E-state index contributed by atoms with van der Waals surface area (Å²) in [5.41, 5.74) is 2.43. The lowest BCUT2D eigenvalue weighted by Crippen LogP contribution is -2.41. The molecule has 0 aliphatic carbocycles. The standard InChI is InChI=1S/C22H25ClN6O/c23-16-8-3-4-9-17(16)26-22(30)15-7-6-11-28(13-15)20-19-21(25-14-24-20)29-12-5-1-2-10-18(29)27-19/h3-4,8-9,14-15H,1-2,5-7,10-13H2,(H,26,30)/t15-/m0/s1. The van der Waals surface area contributed by atoms with Crippen LogP contribution in [-0.4, -0.2) is 38.5 Å². The molecule has 1 amide bonds. The number of piperidine rings is 1. The maximum Gasteiger partial charge on any atom is 0.229 e. The quantitative estimate of drug-likeness (QED) is 0.686. The molecule has 5 rings (SSSR count). The second kappa shape index (κ2) is 8.22. The number of hydrogen-bond acceptors (Lipinski definition) is 5. The molecule has 156 valence electrons. The largest absolute Gasteiger partial charge is 0.354 e. The zero-order chi connectivity index (χ0) is 20.5. The molecule has 1 N–H and O–H groups in total. The van der Waals surface area contributed by atoms with Gasteiger partial charge in [0.1, 0.15) is 12.2 Å². The number of benzene rings is 1. The van der Waals surface area contributed by atoms with Crippen molar-refractivity contribution in [2.24, 2.45) is 5.92 Å². The lowest BCUT2D eigenvalue weighted by Gasteiger charge is -2.32. The first-order chi connectivity index (χ1) is 14.7. The SMILES string of the molecule is O=C(Nc1ccccc1Cl)[C@H]1CCCN(c2ncnc3c2nc2n3CCCCC2)C1. The van der Waals surface area contributed by atoms with Crippen LogP contribution in [0.3, 0.4) is 0 Å². The van der Waals surface area contributed by atoms with Crippen LogP contribution in [0, 0.1) is 5.92 Å². The topological polar surface area (TPSA) is 75.9 Å². The molecule has 3 aromatic rings. The number of imidazole rings is 1. The minimum absolute atomic E-state index is 0.00118. The van der Waals surface area contributed by atoms with E-state index in [9.17, 15) is 4.79 Å². The van der Waals surface area contributed by atoms with Crippen molar-refractivity contribution >= 4 is 40.2 Å². The van der Waals surface area contributed by atoms with Gasteiger partial charge >= 0.3 is 0 Å². The van der Waals surface area contributed by atoms with Crippen LogP contribution < -0.4 is 10.2 Å². The third kappa shape index (κ3) is 3.62. The maximum absolute atomic E-state index is 12.9. The van der Waals surface area contributed by atoms with E-state index in [2.05, 4.69) is 24.8 Å². The van der Waals surface area contributed by atoms with Crippen LogP contribution in [0.5, 0.6) is 0 Å². The van der Waals surface area contributed by atoms with Gasteiger partial charge in [0.2, 0.25) is 5.91 Å². The van der Waals surface area contributed by atoms with Crippen molar-refractivity contribution in [1.82, 2.24) is 19.5 Å². The number of aromatic nitrogens is 4. The molecule has 1 atom stereocenters. The van der Waals surface area contributed by atoms with Gasteiger partial charge in [-0.2, -0.15) is 0 Å². The van der Waals surface area contributed by atoms with Gasteiger partial charge in [-0.3, -0.25) is 4.79 Å². The summed E-state index contributed by atoms with van der Waals surface area (Å²) in [5, 5.41) is 3.54. The van der Waals surface area contributed by atoms with E-state index in [1.54, 1.807) is 12.4 Å². The molecule has 7 nitrogen and oxygen atoms in total. The lowest BCUT2D eigenvalue weighted by atomic mass is 9.97. The summed E-state index contributed by atoms with van der Waals surface area (Å²) in [6.45, 7) is 2.44. The fourth-order valence-electron chi connectivity index (χ4n) is 4.54. The highest BCUT2D eigenvalue weighted by molar-refractivity contribution is 6.33. The predicted molar refractivity (Wildman–Crippen MR) is 118 cm³/mol. The average molecular weight is 425 g/mol. The number of halogens is 1. The Labute approximate surface area is 180 Å². The van der Waals surface area contributed by atoms with Crippen molar-refractivity contribution < 1.29 is 4.79 Å². The Morgan fingerprint density at radius 1 is 1.10 bits per heavy atom. The summed E-state index contributed by atoms with van der Waals surface area (Å²) >= 11 is 6.21. The normalized spacial score (nSPS) is 19.4. The van der Waals surface area contributed by atoms with Gasteiger partial charge in [0, 0.05) is 26.1 Å². The predicted octanol–water partition coefficient (Wildman–Crippen LogP) is 4.06. The number of carbonyl (C=O) groups excluding carboxylic acids is 1. The van der Waals surface area contributed by atoms with Gasteiger partial charge < -0.3 is 14.8 Å². The first-order valence-corrected chi connectivity index (χ1v) is 11.1. The number of amides is 1. The average Bonchev–Trinajstić information content (AvgIpc) is 2.96. The molecule has 0 radical (unpaired) electrons. The number of para-hydroxylation sites is 1. The van der Waals surface area contributed by atoms with Crippen molar-refractivity contribution in [3.05, 3.63) is 41.4 Å². The highest BCUT2D eigenvalue weighted by Gasteiger charge is 2.29. The summed E-state index contributed by atoms with van der Waals surface area (Å²) in [6, 6.07) is 7.33. The van der Waals surface area contributed by atoms with Gasteiger partial charge in [-0.15, -0.1) is 0 Å². The van der Waals surface area contributed by atoms with Crippen LogP contribution >= 0.6 is 11.6 Å². The minimum Gasteiger partial charge on any atom is -0.354 e. The van der Waals surface area contributed by atoms with E-state index in [-0.39, 0.29) is 11.8 Å². The molecule has 0 saturated carbocycles. The zero-order valence-electron chi connectivity index (χ0n) is 16.9. The minimum atomic E-state index is -0.125. The molecular formula is C22H25ClN6O. The molecule has 2 aliphatic rings. The van der Waals surface area contributed by atoms with Crippen LogP contribution in [0.25, 0.3) is 11.2 Å². The third-order valence-electron chi connectivity index (χ3n) is 6.10. The fourth-order valence-corrected chi connectivity index (χ4v) is 4.72. The van der Waals surface area contributed by atoms with Gasteiger partial charge in [0.25, 0.3) is 0 Å². The number of rotatable bonds is 3. The van der Waals surface area contributed by atoms with E-state index in [1.165, 1.54) is 12.8 Å². The van der Waals surface area contributed by atoms with E-state index in [0.29, 0.717) is 17.3 Å². The summed E-state index contributed by atoms with van der Waals surface area (Å²) in [7, 11) is 0. The molecule has 0 bridgehead atoms. The number of nitrogens with one attached hydrogen (secondary N) is 1. The van der Waals surface area contributed by atoms with Gasteiger partial charge in [0.15, 0.2) is 17.0 Å². The Kier molecular flexibility index (Phi) is 5.29. The van der Waals surface area contributed by atoms with Gasteiger partial charge in [-0.05, 0) is 37.8 Å². The molecule has 0 unspecified atom stereocenters. The fraction of sp³-hybridized carbons (Fsp3) is 0.455. The maximum atomic E-state index is 12.9. The number of carbonyl (C=O) groups is 1. The molecule has 1 fully saturated rings. The summed E-state index contributed by atoms with van der Waals surface area (Å²) in [6.07, 6.45) is 7.95. The van der Waals surface area contributed by atoms with E-state index in [0.717, 1.165) is 61.6 Å². The van der Waals surface area contributed by atoms with E-state index >= 15 is 0 Å². The second-order valence-corrected chi connectivity index (χ2v) is 8.52. The van der Waals surface area contributed by atoms with Crippen molar-refractivity contribution in [2.45, 2.75) is 45.1 Å². The van der Waals surface area contributed by atoms with Crippen molar-refractivity contribution in [3.8, 4) is 0 Å². The zero-order valence-corrected chi connectivity index (χ0v) is 17.6. The Balaban J connectivity index is 1.39. The summed E-state index contributed by atoms with van der Waals surface area (Å²) in [4.78, 5) is 29.1. The van der Waals surface area contributed by atoms with E-state index in [1.807, 2.05) is 18.2 Å². The number of aryl methyl sites for hydroxylation is 2. The van der Waals surface area contributed by atoms with Crippen LogP contribution in [0.15, 0.2) is 30.6 Å². The van der Waals surface area contributed by atoms with E-state index < -0.39 is 0 Å². The first-order valence-electron chi connectivity index (χ1n) is 10.7.